The van der Waals surface area contributed by atoms with Gasteiger partial charge in [-0.15, -0.1) is 11.8 Å². The van der Waals surface area contributed by atoms with E-state index in [1.165, 1.54) is 23.9 Å². The lowest BCUT2D eigenvalue weighted by Gasteiger charge is -2.02. The molecule has 0 spiro atoms. The molecule has 0 N–H and O–H groups in total. The van der Waals surface area contributed by atoms with Crippen LogP contribution in [0.2, 0.25) is 5.02 Å². The highest BCUT2D eigenvalue weighted by Crippen LogP contribution is 2.24. The third kappa shape index (κ3) is 3.41. The van der Waals surface area contributed by atoms with Gasteiger partial charge in [0.05, 0.1) is 5.69 Å². The van der Waals surface area contributed by atoms with Gasteiger partial charge < -0.3 is 0 Å². The van der Waals surface area contributed by atoms with E-state index in [0.29, 0.717) is 15.7 Å². The number of benzene rings is 1. The third-order valence-electron chi connectivity index (χ3n) is 2.06. The lowest BCUT2D eigenvalue weighted by molar-refractivity contribution is 0.506. The Morgan fingerprint density at radius 1 is 1.12 bits per heavy atom. The van der Waals surface area contributed by atoms with Crippen molar-refractivity contribution in [2.75, 3.05) is 0 Å². The maximum Gasteiger partial charge on any atom is 0.159 e. The molecule has 1 aromatic heterocycles. The van der Waals surface area contributed by atoms with Gasteiger partial charge >= 0.3 is 0 Å². The zero-order valence-electron chi connectivity index (χ0n) is 8.66. The van der Waals surface area contributed by atoms with Crippen molar-refractivity contribution in [2.45, 2.75) is 10.6 Å². The van der Waals surface area contributed by atoms with Gasteiger partial charge in [0.15, 0.2) is 11.6 Å². The molecule has 0 saturated heterocycles. The number of hydrogen-bond donors (Lipinski definition) is 0. The zero-order valence-corrected chi connectivity index (χ0v) is 10.2. The Morgan fingerprint density at radius 2 is 1.94 bits per heavy atom. The first-order valence-electron chi connectivity index (χ1n) is 4.83. The van der Waals surface area contributed by atoms with Crippen molar-refractivity contribution in [3.8, 4) is 0 Å². The minimum atomic E-state index is -0.839. The quantitative estimate of drug-likeness (QED) is 0.772. The first-order valence-corrected chi connectivity index (χ1v) is 6.20. The van der Waals surface area contributed by atoms with Crippen LogP contribution in [0.25, 0.3) is 0 Å². The smallest absolute Gasteiger partial charge is 0.159 e. The van der Waals surface area contributed by atoms with Crippen LogP contribution in [0.4, 0.5) is 8.78 Å². The van der Waals surface area contributed by atoms with E-state index in [1.807, 2.05) is 0 Å². The molecule has 5 heteroatoms. The van der Waals surface area contributed by atoms with E-state index in [-0.39, 0.29) is 0 Å². The third-order valence-corrected chi connectivity index (χ3v) is 3.32. The molecule has 88 valence electrons. The predicted molar refractivity (Wildman–Crippen MR) is 65.2 cm³/mol. The molecule has 0 aliphatic rings. The molecule has 0 saturated carbocycles. The van der Waals surface area contributed by atoms with Crippen LogP contribution in [0.1, 0.15) is 5.69 Å². The van der Waals surface area contributed by atoms with Crippen molar-refractivity contribution >= 4 is 23.4 Å². The Kier molecular flexibility index (Phi) is 3.97. The van der Waals surface area contributed by atoms with E-state index in [0.717, 1.165) is 11.8 Å². The Morgan fingerprint density at radius 3 is 2.65 bits per heavy atom. The number of thioether (sulfide) groups is 1. The number of aromatic nitrogens is 1. The summed E-state index contributed by atoms with van der Waals surface area (Å²) in [6.07, 6.45) is 1.61. The van der Waals surface area contributed by atoms with Gasteiger partial charge in [-0.25, -0.2) is 8.78 Å². The van der Waals surface area contributed by atoms with Crippen molar-refractivity contribution in [2.24, 2.45) is 0 Å². The summed E-state index contributed by atoms with van der Waals surface area (Å²) in [5.41, 5.74) is 0.798. The van der Waals surface area contributed by atoms with Gasteiger partial charge in [0.25, 0.3) is 0 Å². The zero-order chi connectivity index (χ0) is 12.3. The van der Waals surface area contributed by atoms with Crippen LogP contribution in [0.15, 0.2) is 41.4 Å². The Labute approximate surface area is 107 Å². The summed E-state index contributed by atoms with van der Waals surface area (Å²) in [5, 5.41) is 0.612. The molecule has 0 aliphatic heterocycles. The summed E-state index contributed by atoms with van der Waals surface area (Å²) in [6.45, 7) is 0. The summed E-state index contributed by atoms with van der Waals surface area (Å²) < 4.78 is 25.6. The van der Waals surface area contributed by atoms with E-state index in [4.69, 9.17) is 11.6 Å². The molecule has 0 aliphatic carbocycles. The molecular weight excluding hydrogens is 264 g/mol. The van der Waals surface area contributed by atoms with Crippen LogP contribution in [-0.2, 0) is 5.75 Å². The molecule has 2 aromatic rings. The van der Waals surface area contributed by atoms with Crippen molar-refractivity contribution in [1.82, 2.24) is 4.98 Å². The van der Waals surface area contributed by atoms with Crippen molar-refractivity contribution < 1.29 is 8.78 Å². The fraction of sp³-hybridized carbons (Fsp3) is 0.0833. The fourth-order valence-corrected chi connectivity index (χ4v) is 2.26. The van der Waals surface area contributed by atoms with Gasteiger partial charge in [0.1, 0.15) is 0 Å². The number of nitrogens with zero attached hydrogens (tertiary/aromatic N) is 1. The van der Waals surface area contributed by atoms with Gasteiger partial charge in [-0.05, 0) is 30.3 Å². The van der Waals surface area contributed by atoms with Crippen molar-refractivity contribution in [3.63, 3.8) is 0 Å². The molecule has 0 amide bonds. The van der Waals surface area contributed by atoms with Crippen LogP contribution in [0.3, 0.4) is 0 Å². The van der Waals surface area contributed by atoms with Gasteiger partial charge in [-0.2, -0.15) is 0 Å². The van der Waals surface area contributed by atoms with E-state index in [9.17, 15) is 8.78 Å². The summed E-state index contributed by atoms with van der Waals surface area (Å²) in [5.74, 6) is -1.12. The van der Waals surface area contributed by atoms with Gasteiger partial charge in [0.2, 0.25) is 0 Å². The van der Waals surface area contributed by atoms with E-state index in [2.05, 4.69) is 4.98 Å². The predicted octanol–water partition coefficient (Wildman–Crippen LogP) is 4.31. The SMILES string of the molecule is Fc1ccc(SCc2cc(Cl)ccn2)cc1F. The van der Waals surface area contributed by atoms with Crippen molar-refractivity contribution in [3.05, 3.63) is 58.9 Å². The maximum atomic E-state index is 12.9. The number of halogens is 3. The van der Waals surface area contributed by atoms with Crippen LogP contribution >= 0.6 is 23.4 Å². The molecule has 17 heavy (non-hydrogen) atoms. The lowest BCUT2D eigenvalue weighted by Crippen LogP contribution is -1.87. The van der Waals surface area contributed by atoms with Gasteiger partial charge in [0, 0.05) is 21.9 Å². The second kappa shape index (κ2) is 5.47. The fourth-order valence-electron chi connectivity index (χ4n) is 1.25. The minimum Gasteiger partial charge on any atom is -0.260 e. The number of pyridine rings is 1. The Bertz CT molecular complexity index is 534. The number of rotatable bonds is 3. The molecule has 1 nitrogen and oxygen atoms in total. The van der Waals surface area contributed by atoms with Crippen LogP contribution in [0.5, 0.6) is 0 Å². The van der Waals surface area contributed by atoms with E-state index >= 15 is 0 Å². The monoisotopic (exact) mass is 271 g/mol. The normalized spacial score (nSPS) is 10.5. The first-order chi connectivity index (χ1) is 8.15. The second-order valence-corrected chi connectivity index (χ2v) is 4.82. The highest BCUT2D eigenvalue weighted by atomic mass is 35.5. The minimum absolute atomic E-state index is 0.561. The molecule has 0 bridgehead atoms. The molecule has 2 rings (SSSR count). The Balaban J connectivity index is 2.05. The van der Waals surface area contributed by atoms with Crippen LogP contribution in [-0.4, -0.2) is 4.98 Å². The summed E-state index contributed by atoms with van der Waals surface area (Å²) in [7, 11) is 0. The maximum absolute atomic E-state index is 12.9. The average Bonchev–Trinajstić information content (AvgIpc) is 2.31. The van der Waals surface area contributed by atoms with Crippen LogP contribution in [0, 0.1) is 11.6 Å². The van der Waals surface area contributed by atoms with Crippen LogP contribution < -0.4 is 0 Å². The van der Waals surface area contributed by atoms with Crippen molar-refractivity contribution in [1.29, 1.82) is 0 Å². The first kappa shape index (κ1) is 12.3. The molecular formula is C12H8ClF2NS. The largest absolute Gasteiger partial charge is 0.260 e. The molecule has 0 unspecified atom stereocenters. The Hall–Kier alpha value is -1.13. The standard InChI is InChI=1S/C12H8ClF2NS/c13-8-3-4-16-9(5-8)7-17-10-1-2-11(14)12(15)6-10/h1-6H,7H2. The van der Waals surface area contributed by atoms with E-state index in [1.54, 1.807) is 18.3 Å². The van der Waals surface area contributed by atoms with Gasteiger partial charge in [-0.1, -0.05) is 11.6 Å². The topological polar surface area (TPSA) is 12.9 Å². The molecule has 0 radical (unpaired) electrons. The summed E-state index contributed by atoms with van der Waals surface area (Å²) >= 11 is 7.19. The molecule has 1 heterocycles. The molecule has 0 fully saturated rings. The highest BCUT2D eigenvalue weighted by Gasteiger charge is 2.04. The summed E-state index contributed by atoms with van der Waals surface area (Å²) in [6, 6.07) is 7.25. The molecule has 1 aromatic carbocycles. The average molecular weight is 272 g/mol. The number of hydrogen-bond acceptors (Lipinski definition) is 2. The highest BCUT2D eigenvalue weighted by molar-refractivity contribution is 7.98. The second-order valence-electron chi connectivity index (χ2n) is 3.33. The van der Waals surface area contributed by atoms with Gasteiger partial charge in [-0.3, -0.25) is 4.98 Å². The lowest BCUT2D eigenvalue weighted by atomic mass is 10.3. The summed E-state index contributed by atoms with van der Waals surface area (Å²) in [4.78, 5) is 4.78. The van der Waals surface area contributed by atoms with E-state index < -0.39 is 11.6 Å². The molecule has 0 atom stereocenters.